The van der Waals surface area contributed by atoms with Crippen LogP contribution in [-0.2, 0) is 0 Å². The zero-order valence-electron chi connectivity index (χ0n) is 11.0. The van der Waals surface area contributed by atoms with E-state index in [0.29, 0.717) is 0 Å². The van der Waals surface area contributed by atoms with Crippen LogP contribution in [-0.4, -0.2) is 48.2 Å². The molecular weight excluding hydrogens is 240 g/mol. The van der Waals surface area contributed by atoms with Crippen LogP contribution in [0.5, 0.6) is 0 Å². The Balaban J connectivity index is 1.83. The maximum atomic E-state index is 4.38. The summed E-state index contributed by atoms with van der Waals surface area (Å²) in [5.41, 5.74) is 1.09. The molecule has 0 radical (unpaired) electrons. The zero-order valence-corrected chi connectivity index (χ0v) is 11.0. The van der Waals surface area contributed by atoms with E-state index in [2.05, 4.69) is 25.2 Å². The van der Waals surface area contributed by atoms with Crippen molar-refractivity contribution in [2.75, 3.05) is 43.0 Å². The Morgan fingerprint density at radius 3 is 2.84 bits per heavy atom. The van der Waals surface area contributed by atoms with E-state index < -0.39 is 0 Å². The predicted molar refractivity (Wildman–Crippen MR) is 76.0 cm³/mol. The van der Waals surface area contributed by atoms with E-state index in [9.17, 15) is 0 Å². The molecule has 3 rings (SSSR count). The number of piperazine rings is 1. The van der Waals surface area contributed by atoms with Gasteiger partial charge in [0, 0.05) is 51.7 Å². The van der Waals surface area contributed by atoms with Crippen molar-refractivity contribution in [1.29, 1.82) is 0 Å². The minimum atomic E-state index is 0.906. The van der Waals surface area contributed by atoms with Gasteiger partial charge in [-0.25, -0.2) is 9.97 Å². The average molecular weight is 258 g/mol. The molecule has 6 nitrogen and oxygen atoms in total. The Labute approximate surface area is 112 Å². The highest BCUT2D eigenvalue weighted by atomic mass is 15.3. The van der Waals surface area contributed by atoms with Crippen LogP contribution in [0.1, 0.15) is 0 Å². The lowest BCUT2D eigenvalue weighted by Gasteiger charge is -2.29. The molecule has 1 saturated heterocycles. The van der Waals surface area contributed by atoms with Crippen molar-refractivity contribution in [2.24, 2.45) is 0 Å². The summed E-state index contributed by atoms with van der Waals surface area (Å²) in [6, 6.07) is 4.06. The molecule has 0 aromatic carbocycles. The number of nitrogens with zero attached hydrogens (tertiary/aromatic N) is 4. The van der Waals surface area contributed by atoms with Crippen LogP contribution in [0.2, 0.25) is 0 Å². The molecule has 19 heavy (non-hydrogen) atoms. The van der Waals surface area contributed by atoms with E-state index >= 15 is 0 Å². The number of rotatable bonds is 3. The smallest absolute Gasteiger partial charge is 0.138 e. The number of anilines is 3. The molecule has 0 bridgehead atoms. The molecule has 6 heteroatoms. The fraction of sp³-hybridized carbons (Fsp3) is 0.385. The SMILES string of the molecule is CN(c1cc[nH]c1)c1cc(N2CCNCC2)ncn1. The standard InChI is InChI=1S/C13H18N6/c1-18(11-2-3-15-9-11)12-8-13(17-10-16-12)19-6-4-14-5-7-19/h2-3,8-10,14-15H,4-7H2,1H3. The van der Waals surface area contributed by atoms with Crippen LogP contribution in [0, 0.1) is 0 Å². The molecule has 1 aliphatic rings. The second-order valence-corrected chi connectivity index (χ2v) is 4.60. The monoisotopic (exact) mass is 258 g/mol. The summed E-state index contributed by atoms with van der Waals surface area (Å²) in [4.78, 5) is 16.1. The van der Waals surface area contributed by atoms with Gasteiger partial charge in [0.05, 0.1) is 5.69 Å². The maximum absolute atomic E-state index is 4.38. The molecule has 2 aromatic rings. The number of aromatic amines is 1. The van der Waals surface area contributed by atoms with Crippen LogP contribution in [0.4, 0.5) is 17.3 Å². The Kier molecular flexibility index (Phi) is 3.33. The number of nitrogens with one attached hydrogen (secondary N) is 2. The Bertz CT molecular complexity index is 518. The molecule has 3 heterocycles. The number of hydrogen-bond acceptors (Lipinski definition) is 5. The normalized spacial score (nSPS) is 15.5. The third-order valence-electron chi connectivity index (χ3n) is 3.39. The van der Waals surface area contributed by atoms with Gasteiger partial charge in [0.25, 0.3) is 0 Å². The predicted octanol–water partition coefficient (Wildman–Crippen LogP) is 0.982. The number of aromatic nitrogens is 3. The third-order valence-corrected chi connectivity index (χ3v) is 3.39. The van der Waals surface area contributed by atoms with Crippen LogP contribution < -0.4 is 15.1 Å². The van der Waals surface area contributed by atoms with Crippen LogP contribution >= 0.6 is 0 Å². The third kappa shape index (κ3) is 2.53. The minimum absolute atomic E-state index is 0.906. The Morgan fingerprint density at radius 1 is 1.26 bits per heavy atom. The van der Waals surface area contributed by atoms with E-state index in [1.165, 1.54) is 0 Å². The van der Waals surface area contributed by atoms with E-state index in [1.54, 1.807) is 6.33 Å². The van der Waals surface area contributed by atoms with E-state index in [4.69, 9.17) is 0 Å². The first-order valence-electron chi connectivity index (χ1n) is 6.49. The van der Waals surface area contributed by atoms with E-state index in [-0.39, 0.29) is 0 Å². The first kappa shape index (κ1) is 12.0. The molecule has 0 spiro atoms. The second-order valence-electron chi connectivity index (χ2n) is 4.60. The lowest BCUT2D eigenvalue weighted by atomic mass is 10.3. The largest absolute Gasteiger partial charge is 0.366 e. The van der Waals surface area contributed by atoms with Crippen LogP contribution in [0.3, 0.4) is 0 Å². The van der Waals surface area contributed by atoms with Crippen LogP contribution in [0.15, 0.2) is 30.9 Å². The summed E-state index contributed by atoms with van der Waals surface area (Å²) in [6.07, 6.45) is 5.49. The highest BCUT2D eigenvalue weighted by molar-refractivity contribution is 5.61. The van der Waals surface area contributed by atoms with Gasteiger partial charge in [0.1, 0.15) is 18.0 Å². The van der Waals surface area contributed by atoms with Crippen molar-refractivity contribution < 1.29 is 0 Å². The molecular formula is C13H18N6. The number of H-pyrrole nitrogens is 1. The fourth-order valence-electron chi connectivity index (χ4n) is 2.24. The van der Waals surface area contributed by atoms with Gasteiger partial charge in [0.15, 0.2) is 0 Å². The van der Waals surface area contributed by atoms with E-state index in [1.807, 2.05) is 36.5 Å². The maximum Gasteiger partial charge on any atom is 0.138 e. The fourth-order valence-corrected chi connectivity index (χ4v) is 2.24. The van der Waals surface area contributed by atoms with Crippen molar-refractivity contribution in [2.45, 2.75) is 0 Å². The first-order chi connectivity index (χ1) is 9.34. The van der Waals surface area contributed by atoms with Crippen LogP contribution in [0.25, 0.3) is 0 Å². The van der Waals surface area contributed by atoms with Crippen molar-refractivity contribution >= 4 is 17.3 Å². The van der Waals surface area contributed by atoms with Crippen molar-refractivity contribution in [3.63, 3.8) is 0 Å². The lowest BCUT2D eigenvalue weighted by Crippen LogP contribution is -2.43. The summed E-state index contributed by atoms with van der Waals surface area (Å²) in [5, 5.41) is 3.34. The summed E-state index contributed by atoms with van der Waals surface area (Å²) in [7, 11) is 2.01. The average Bonchev–Trinajstić information content (AvgIpc) is 3.02. The highest BCUT2D eigenvalue weighted by Crippen LogP contribution is 2.23. The molecule has 0 aliphatic carbocycles. The molecule has 2 aromatic heterocycles. The van der Waals surface area contributed by atoms with Crippen molar-refractivity contribution in [1.82, 2.24) is 20.3 Å². The minimum Gasteiger partial charge on any atom is -0.366 e. The molecule has 1 fully saturated rings. The molecule has 0 amide bonds. The Hall–Kier alpha value is -2.08. The molecule has 100 valence electrons. The van der Waals surface area contributed by atoms with Gasteiger partial charge in [0.2, 0.25) is 0 Å². The summed E-state index contributed by atoms with van der Waals surface area (Å²) in [5.74, 6) is 1.90. The summed E-state index contributed by atoms with van der Waals surface area (Å²) in [6.45, 7) is 3.99. The molecule has 0 saturated carbocycles. The summed E-state index contributed by atoms with van der Waals surface area (Å²) >= 11 is 0. The topological polar surface area (TPSA) is 60.1 Å². The van der Waals surface area contributed by atoms with Gasteiger partial charge in [-0.05, 0) is 6.07 Å². The van der Waals surface area contributed by atoms with Gasteiger partial charge in [-0.3, -0.25) is 0 Å². The quantitative estimate of drug-likeness (QED) is 0.859. The molecule has 0 unspecified atom stereocenters. The Morgan fingerprint density at radius 2 is 2.11 bits per heavy atom. The second kappa shape index (κ2) is 5.27. The van der Waals surface area contributed by atoms with Crippen molar-refractivity contribution in [3.05, 3.63) is 30.9 Å². The zero-order chi connectivity index (χ0) is 13.1. The van der Waals surface area contributed by atoms with Gasteiger partial charge < -0.3 is 20.1 Å². The molecule has 2 N–H and O–H groups in total. The summed E-state index contributed by atoms with van der Waals surface area (Å²) < 4.78 is 0. The molecule has 0 atom stereocenters. The number of hydrogen-bond donors (Lipinski definition) is 2. The van der Waals surface area contributed by atoms with Gasteiger partial charge in [-0.1, -0.05) is 0 Å². The van der Waals surface area contributed by atoms with Gasteiger partial charge in [-0.15, -0.1) is 0 Å². The van der Waals surface area contributed by atoms with Gasteiger partial charge in [-0.2, -0.15) is 0 Å². The first-order valence-corrected chi connectivity index (χ1v) is 6.49. The lowest BCUT2D eigenvalue weighted by molar-refractivity contribution is 0.584. The van der Waals surface area contributed by atoms with Gasteiger partial charge >= 0.3 is 0 Å². The van der Waals surface area contributed by atoms with E-state index in [0.717, 1.165) is 43.5 Å². The highest BCUT2D eigenvalue weighted by Gasteiger charge is 2.14. The van der Waals surface area contributed by atoms with Crippen molar-refractivity contribution in [3.8, 4) is 0 Å². The molecule has 1 aliphatic heterocycles.